The van der Waals surface area contributed by atoms with Gasteiger partial charge in [-0.1, -0.05) is 12.1 Å². The lowest BCUT2D eigenvalue weighted by atomic mass is 10.2. The molecule has 0 aromatic heterocycles. The second kappa shape index (κ2) is 5.24. The van der Waals surface area contributed by atoms with Crippen LogP contribution in [0.25, 0.3) is 0 Å². The number of halogens is 1. The molecule has 0 fully saturated rings. The third-order valence-corrected chi connectivity index (χ3v) is 3.40. The van der Waals surface area contributed by atoms with Gasteiger partial charge in [-0.25, -0.2) is 17.5 Å². The minimum atomic E-state index is -3.79. The molecule has 1 aromatic rings. The average Bonchev–Trinajstić information content (AvgIpc) is 2.15. The van der Waals surface area contributed by atoms with Gasteiger partial charge < -0.3 is 5.11 Å². The Balaban J connectivity index is 2.77. The minimum absolute atomic E-state index is 0.259. The fourth-order valence-electron chi connectivity index (χ4n) is 1.21. The summed E-state index contributed by atoms with van der Waals surface area (Å²) in [7, 11) is -3.79. The van der Waals surface area contributed by atoms with Gasteiger partial charge in [0.1, 0.15) is 11.9 Å². The first-order chi connectivity index (χ1) is 7.80. The molecule has 0 heterocycles. The Morgan fingerprint density at radius 3 is 2.71 bits per heavy atom. The second-order valence-electron chi connectivity index (χ2n) is 3.57. The SMILES string of the molecule is CC(NS(=O)(=O)Cc1cccc(F)c1)C(=O)O. The molecule has 1 unspecified atom stereocenters. The normalized spacial score (nSPS) is 13.3. The van der Waals surface area contributed by atoms with E-state index in [0.29, 0.717) is 0 Å². The molecule has 0 saturated carbocycles. The molecule has 5 nitrogen and oxygen atoms in total. The Morgan fingerprint density at radius 2 is 2.18 bits per heavy atom. The van der Waals surface area contributed by atoms with Crippen molar-refractivity contribution < 1.29 is 22.7 Å². The van der Waals surface area contributed by atoms with E-state index in [9.17, 15) is 17.6 Å². The highest BCUT2D eigenvalue weighted by atomic mass is 32.2. The third kappa shape index (κ3) is 4.49. The molecule has 0 bridgehead atoms. The van der Waals surface area contributed by atoms with Crippen LogP contribution in [0.3, 0.4) is 0 Å². The van der Waals surface area contributed by atoms with E-state index in [1.165, 1.54) is 25.1 Å². The van der Waals surface area contributed by atoms with Crippen LogP contribution in [-0.2, 0) is 20.6 Å². The maximum Gasteiger partial charge on any atom is 0.321 e. The van der Waals surface area contributed by atoms with E-state index >= 15 is 0 Å². The summed E-state index contributed by atoms with van der Waals surface area (Å²) in [5, 5.41) is 8.57. The summed E-state index contributed by atoms with van der Waals surface area (Å²) in [6.45, 7) is 1.21. The van der Waals surface area contributed by atoms with E-state index < -0.39 is 33.6 Å². The summed E-state index contributed by atoms with van der Waals surface area (Å²) >= 11 is 0. The van der Waals surface area contributed by atoms with E-state index in [1.807, 2.05) is 4.72 Å². The van der Waals surface area contributed by atoms with Crippen LogP contribution in [0.5, 0.6) is 0 Å². The Hall–Kier alpha value is -1.47. The number of carbonyl (C=O) groups is 1. The van der Waals surface area contributed by atoms with Crippen molar-refractivity contribution in [1.82, 2.24) is 4.72 Å². The summed E-state index contributed by atoms with van der Waals surface area (Å²) in [6.07, 6.45) is 0. The molecule has 0 saturated heterocycles. The molecular formula is C10H12FNO4S. The fourth-order valence-corrected chi connectivity index (χ4v) is 2.55. The van der Waals surface area contributed by atoms with E-state index in [2.05, 4.69) is 0 Å². The van der Waals surface area contributed by atoms with Crippen molar-refractivity contribution in [2.45, 2.75) is 18.7 Å². The topological polar surface area (TPSA) is 83.5 Å². The minimum Gasteiger partial charge on any atom is -0.480 e. The largest absolute Gasteiger partial charge is 0.480 e. The quantitative estimate of drug-likeness (QED) is 0.818. The molecule has 0 amide bonds. The van der Waals surface area contributed by atoms with Crippen LogP contribution in [-0.4, -0.2) is 25.5 Å². The molecule has 0 aliphatic rings. The van der Waals surface area contributed by atoms with Crippen LogP contribution in [0, 0.1) is 5.82 Å². The van der Waals surface area contributed by atoms with Gasteiger partial charge in [-0.3, -0.25) is 4.79 Å². The zero-order valence-corrected chi connectivity index (χ0v) is 9.87. The number of hydrogen-bond donors (Lipinski definition) is 2. The van der Waals surface area contributed by atoms with Gasteiger partial charge in [-0.05, 0) is 24.6 Å². The summed E-state index contributed by atoms with van der Waals surface area (Å²) in [5.74, 6) is -2.26. The molecule has 7 heteroatoms. The van der Waals surface area contributed by atoms with Gasteiger partial charge in [0.15, 0.2) is 0 Å². The number of sulfonamides is 1. The lowest BCUT2D eigenvalue weighted by molar-refractivity contribution is -0.138. The average molecular weight is 261 g/mol. The summed E-state index contributed by atoms with van der Waals surface area (Å²) in [6, 6.07) is 3.91. The zero-order chi connectivity index (χ0) is 13.1. The smallest absolute Gasteiger partial charge is 0.321 e. The van der Waals surface area contributed by atoms with E-state index in [4.69, 9.17) is 5.11 Å². The third-order valence-electron chi connectivity index (χ3n) is 1.97. The van der Waals surface area contributed by atoms with Gasteiger partial charge >= 0.3 is 5.97 Å². The van der Waals surface area contributed by atoms with Crippen molar-refractivity contribution in [2.24, 2.45) is 0 Å². The van der Waals surface area contributed by atoms with Gasteiger partial charge in [0.05, 0.1) is 5.75 Å². The zero-order valence-electron chi connectivity index (χ0n) is 9.05. The van der Waals surface area contributed by atoms with Gasteiger partial charge in [-0.15, -0.1) is 0 Å². The lowest BCUT2D eigenvalue weighted by Gasteiger charge is -2.10. The first-order valence-electron chi connectivity index (χ1n) is 4.77. The molecule has 2 N–H and O–H groups in total. The number of carboxylic acids is 1. The molecule has 0 aliphatic carbocycles. The summed E-state index contributed by atoms with van der Waals surface area (Å²) in [4.78, 5) is 10.5. The Labute approximate surface area is 98.3 Å². The van der Waals surface area contributed by atoms with Crippen molar-refractivity contribution in [3.63, 3.8) is 0 Å². The molecule has 17 heavy (non-hydrogen) atoms. The number of benzene rings is 1. The molecule has 1 rings (SSSR count). The number of hydrogen-bond acceptors (Lipinski definition) is 3. The highest BCUT2D eigenvalue weighted by molar-refractivity contribution is 7.88. The molecular weight excluding hydrogens is 249 g/mol. The van der Waals surface area contributed by atoms with E-state index in [0.717, 1.165) is 6.07 Å². The predicted molar refractivity (Wildman–Crippen MR) is 59.3 cm³/mol. The van der Waals surface area contributed by atoms with Gasteiger partial charge in [-0.2, -0.15) is 0 Å². The Bertz CT molecular complexity index is 515. The second-order valence-corrected chi connectivity index (χ2v) is 5.32. The molecule has 0 radical (unpaired) electrons. The van der Waals surface area contributed by atoms with Gasteiger partial charge in [0.2, 0.25) is 10.0 Å². The monoisotopic (exact) mass is 261 g/mol. The van der Waals surface area contributed by atoms with Crippen molar-refractivity contribution >= 4 is 16.0 Å². The van der Waals surface area contributed by atoms with Crippen molar-refractivity contribution in [1.29, 1.82) is 0 Å². The standard InChI is InChI=1S/C10H12FNO4S/c1-7(10(13)14)12-17(15,16)6-8-3-2-4-9(11)5-8/h2-5,7,12H,6H2,1H3,(H,13,14). The van der Waals surface area contributed by atoms with Crippen LogP contribution in [0.4, 0.5) is 4.39 Å². The first kappa shape index (κ1) is 13.6. The summed E-state index contributed by atoms with van der Waals surface area (Å²) < 4.78 is 37.9. The lowest BCUT2D eigenvalue weighted by Crippen LogP contribution is -2.38. The van der Waals surface area contributed by atoms with E-state index in [1.54, 1.807) is 0 Å². The fraction of sp³-hybridized carbons (Fsp3) is 0.300. The van der Waals surface area contributed by atoms with Crippen LogP contribution in [0.15, 0.2) is 24.3 Å². The molecule has 0 spiro atoms. The highest BCUT2D eigenvalue weighted by Gasteiger charge is 2.19. The van der Waals surface area contributed by atoms with Crippen molar-refractivity contribution in [3.05, 3.63) is 35.6 Å². The van der Waals surface area contributed by atoms with Crippen molar-refractivity contribution in [3.8, 4) is 0 Å². The number of aliphatic carboxylic acids is 1. The van der Waals surface area contributed by atoms with Crippen LogP contribution < -0.4 is 4.72 Å². The van der Waals surface area contributed by atoms with Crippen LogP contribution in [0.2, 0.25) is 0 Å². The number of rotatable bonds is 5. The molecule has 1 aromatic carbocycles. The van der Waals surface area contributed by atoms with Crippen LogP contribution >= 0.6 is 0 Å². The summed E-state index contributed by atoms with van der Waals surface area (Å²) in [5.41, 5.74) is 0.259. The van der Waals surface area contributed by atoms with Crippen LogP contribution in [0.1, 0.15) is 12.5 Å². The Morgan fingerprint density at radius 1 is 1.53 bits per heavy atom. The number of nitrogens with one attached hydrogen (secondary N) is 1. The maximum absolute atomic E-state index is 12.8. The molecule has 1 atom stereocenters. The van der Waals surface area contributed by atoms with Gasteiger partial charge in [0.25, 0.3) is 0 Å². The van der Waals surface area contributed by atoms with Gasteiger partial charge in [0, 0.05) is 0 Å². The predicted octanol–water partition coefficient (Wildman–Crippen LogP) is 0.718. The van der Waals surface area contributed by atoms with E-state index in [-0.39, 0.29) is 5.56 Å². The first-order valence-corrected chi connectivity index (χ1v) is 6.42. The molecule has 0 aliphatic heterocycles. The highest BCUT2D eigenvalue weighted by Crippen LogP contribution is 2.07. The molecule has 94 valence electrons. The Kier molecular flexibility index (Phi) is 4.19. The van der Waals surface area contributed by atoms with Crippen molar-refractivity contribution in [2.75, 3.05) is 0 Å². The number of carboxylic acid groups (broad SMARTS) is 1. The maximum atomic E-state index is 12.8.